The van der Waals surface area contributed by atoms with Crippen LogP contribution in [0.4, 0.5) is 0 Å². The van der Waals surface area contributed by atoms with Crippen LogP contribution in [0, 0.1) is 0 Å². The van der Waals surface area contributed by atoms with Crippen molar-refractivity contribution in [2.45, 2.75) is 26.7 Å². The maximum atomic E-state index is 5.99. The maximum absolute atomic E-state index is 5.99. The third-order valence-corrected chi connectivity index (χ3v) is 4.15. The Labute approximate surface area is 166 Å². The molecule has 0 aliphatic rings. The molecule has 0 bridgehead atoms. The molecule has 0 aliphatic heterocycles. The molecule has 1 aromatic carbocycles. The lowest BCUT2D eigenvalue weighted by Crippen LogP contribution is -2.37. The fraction of sp³-hybridized carbons (Fsp3) is 0.500. The van der Waals surface area contributed by atoms with Crippen LogP contribution >= 0.6 is 24.0 Å². The zero-order chi connectivity index (χ0) is 17.5. The number of benzene rings is 1. The molecule has 0 aliphatic carbocycles. The molecule has 6 nitrogen and oxygen atoms in total. The molecule has 7 heteroatoms. The minimum absolute atomic E-state index is 0. The number of ether oxygens (including phenoxy) is 2. The molecule has 2 rings (SSSR count). The second kappa shape index (κ2) is 10.4. The van der Waals surface area contributed by atoms with Gasteiger partial charge < -0.3 is 25.1 Å². The average Bonchev–Trinajstić information content (AvgIpc) is 3.01. The molecule has 140 valence electrons. The fourth-order valence-corrected chi connectivity index (χ4v) is 2.77. The van der Waals surface area contributed by atoms with Gasteiger partial charge in [-0.05, 0) is 32.8 Å². The lowest BCUT2D eigenvalue weighted by Gasteiger charge is -2.19. The Morgan fingerprint density at radius 1 is 1.16 bits per heavy atom. The van der Waals surface area contributed by atoms with Gasteiger partial charge in [-0.25, -0.2) is 0 Å². The standard InChI is InChI=1S/C18H28N4O2.HI/c1-5-22(6-2)18(19)20-9-7-8-13-10-15-16(21-13)11-14(23-3)12-17(15)24-4;/h10-12,21H,5-9H2,1-4H3,(H2,19,20);1H. The van der Waals surface area contributed by atoms with Crippen LogP contribution in [0.2, 0.25) is 0 Å². The highest BCUT2D eigenvalue weighted by Gasteiger charge is 2.09. The first kappa shape index (κ1) is 21.4. The highest BCUT2D eigenvalue weighted by Crippen LogP contribution is 2.31. The van der Waals surface area contributed by atoms with E-state index in [4.69, 9.17) is 15.2 Å². The number of aryl methyl sites for hydroxylation is 1. The van der Waals surface area contributed by atoms with Crippen molar-refractivity contribution in [1.29, 1.82) is 0 Å². The van der Waals surface area contributed by atoms with Gasteiger partial charge in [0.15, 0.2) is 5.96 Å². The van der Waals surface area contributed by atoms with E-state index in [0.717, 1.165) is 60.6 Å². The number of aliphatic imine (C=N–C) groups is 1. The number of aromatic nitrogens is 1. The lowest BCUT2D eigenvalue weighted by molar-refractivity contribution is 0.398. The Balaban J connectivity index is 0.00000312. The molecule has 25 heavy (non-hydrogen) atoms. The van der Waals surface area contributed by atoms with Gasteiger partial charge in [-0.2, -0.15) is 0 Å². The van der Waals surface area contributed by atoms with Crippen molar-refractivity contribution in [1.82, 2.24) is 9.88 Å². The third kappa shape index (κ3) is 5.42. The molecule has 1 heterocycles. The van der Waals surface area contributed by atoms with E-state index in [9.17, 15) is 0 Å². The van der Waals surface area contributed by atoms with E-state index in [1.54, 1.807) is 14.2 Å². The summed E-state index contributed by atoms with van der Waals surface area (Å²) in [5.41, 5.74) is 8.17. The van der Waals surface area contributed by atoms with Gasteiger partial charge in [-0.3, -0.25) is 4.99 Å². The number of rotatable bonds is 8. The van der Waals surface area contributed by atoms with Crippen molar-refractivity contribution in [2.24, 2.45) is 10.7 Å². The summed E-state index contributed by atoms with van der Waals surface area (Å²) >= 11 is 0. The number of methoxy groups -OCH3 is 2. The van der Waals surface area contributed by atoms with Gasteiger partial charge in [0.25, 0.3) is 0 Å². The van der Waals surface area contributed by atoms with Crippen LogP contribution in [0.3, 0.4) is 0 Å². The summed E-state index contributed by atoms with van der Waals surface area (Å²) in [5.74, 6) is 2.23. The van der Waals surface area contributed by atoms with Crippen LogP contribution in [0.1, 0.15) is 26.0 Å². The number of aromatic amines is 1. The largest absolute Gasteiger partial charge is 0.497 e. The summed E-state index contributed by atoms with van der Waals surface area (Å²) in [5, 5.41) is 1.07. The molecular weight excluding hydrogens is 431 g/mol. The quantitative estimate of drug-likeness (QED) is 0.274. The molecule has 0 radical (unpaired) electrons. The van der Waals surface area contributed by atoms with E-state index in [0.29, 0.717) is 5.96 Å². The summed E-state index contributed by atoms with van der Waals surface area (Å²) in [4.78, 5) is 9.94. The van der Waals surface area contributed by atoms with Gasteiger partial charge in [0, 0.05) is 42.8 Å². The van der Waals surface area contributed by atoms with Gasteiger partial charge >= 0.3 is 0 Å². The van der Waals surface area contributed by atoms with Gasteiger partial charge in [-0.1, -0.05) is 0 Å². The van der Waals surface area contributed by atoms with Gasteiger partial charge in [0.1, 0.15) is 11.5 Å². The second-order valence-electron chi connectivity index (χ2n) is 5.60. The predicted octanol–water partition coefficient (Wildman–Crippen LogP) is 3.39. The number of H-pyrrole nitrogens is 1. The van der Waals surface area contributed by atoms with E-state index >= 15 is 0 Å². The molecule has 0 atom stereocenters. The molecule has 0 fully saturated rings. The third-order valence-electron chi connectivity index (χ3n) is 4.15. The monoisotopic (exact) mass is 460 g/mol. The predicted molar refractivity (Wildman–Crippen MR) is 115 cm³/mol. The summed E-state index contributed by atoms with van der Waals surface area (Å²) in [6.45, 7) is 6.65. The Bertz CT molecular complexity index is 696. The van der Waals surface area contributed by atoms with Crippen molar-refractivity contribution in [2.75, 3.05) is 33.9 Å². The smallest absolute Gasteiger partial charge is 0.191 e. The normalized spacial score (nSPS) is 11.3. The van der Waals surface area contributed by atoms with E-state index in [1.807, 2.05) is 12.1 Å². The van der Waals surface area contributed by atoms with E-state index in [1.165, 1.54) is 0 Å². The van der Waals surface area contributed by atoms with Gasteiger partial charge in [0.2, 0.25) is 0 Å². The van der Waals surface area contributed by atoms with Crippen LogP contribution in [0.25, 0.3) is 10.9 Å². The number of hydrogen-bond donors (Lipinski definition) is 2. The second-order valence-corrected chi connectivity index (χ2v) is 5.60. The Morgan fingerprint density at radius 2 is 1.88 bits per heavy atom. The number of nitrogens with zero attached hydrogens (tertiary/aromatic N) is 2. The number of fused-ring (bicyclic) bond motifs is 1. The van der Waals surface area contributed by atoms with Crippen LogP contribution in [-0.2, 0) is 6.42 Å². The summed E-state index contributed by atoms with van der Waals surface area (Å²) < 4.78 is 10.8. The highest BCUT2D eigenvalue weighted by molar-refractivity contribution is 14.0. The molecule has 0 saturated carbocycles. The van der Waals surface area contributed by atoms with E-state index < -0.39 is 0 Å². The first-order valence-electron chi connectivity index (χ1n) is 8.41. The van der Waals surface area contributed by atoms with Crippen molar-refractivity contribution >= 4 is 40.8 Å². The zero-order valence-electron chi connectivity index (χ0n) is 15.5. The van der Waals surface area contributed by atoms with Crippen molar-refractivity contribution in [3.05, 3.63) is 23.9 Å². The number of hydrogen-bond acceptors (Lipinski definition) is 3. The van der Waals surface area contributed by atoms with Crippen LogP contribution in [0.5, 0.6) is 11.5 Å². The lowest BCUT2D eigenvalue weighted by atomic mass is 10.2. The Kier molecular flexibility index (Phi) is 8.88. The molecule has 0 unspecified atom stereocenters. The molecule has 0 spiro atoms. The van der Waals surface area contributed by atoms with Gasteiger partial charge in [-0.15, -0.1) is 24.0 Å². The van der Waals surface area contributed by atoms with E-state index in [-0.39, 0.29) is 24.0 Å². The maximum Gasteiger partial charge on any atom is 0.191 e. The Hall–Kier alpha value is -1.64. The highest BCUT2D eigenvalue weighted by atomic mass is 127. The Morgan fingerprint density at radius 3 is 2.48 bits per heavy atom. The summed E-state index contributed by atoms with van der Waals surface area (Å²) in [6.07, 6.45) is 1.85. The van der Waals surface area contributed by atoms with E-state index in [2.05, 4.69) is 34.8 Å². The van der Waals surface area contributed by atoms with Crippen molar-refractivity contribution < 1.29 is 9.47 Å². The van der Waals surface area contributed by atoms with Gasteiger partial charge in [0.05, 0.1) is 19.7 Å². The average molecular weight is 460 g/mol. The fourth-order valence-electron chi connectivity index (χ4n) is 2.77. The zero-order valence-corrected chi connectivity index (χ0v) is 17.8. The van der Waals surface area contributed by atoms with Crippen LogP contribution < -0.4 is 15.2 Å². The number of nitrogens with one attached hydrogen (secondary N) is 1. The number of halogens is 1. The minimum atomic E-state index is 0. The van der Waals surface area contributed by atoms with Crippen LogP contribution in [-0.4, -0.2) is 49.7 Å². The summed E-state index contributed by atoms with van der Waals surface area (Å²) in [7, 11) is 3.33. The first-order chi connectivity index (χ1) is 11.6. The summed E-state index contributed by atoms with van der Waals surface area (Å²) in [6, 6.07) is 6.01. The molecule has 0 amide bonds. The van der Waals surface area contributed by atoms with Crippen LogP contribution in [0.15, 0.2) is 23.2 Å². The topological polar surface area (TPSA) is 75.9 Å². The first-order valence-corrected chi connectivity index (χ1v) is 8.41. The number of nitrogens with two attached hydrogens (primary N) is 1. The number of guanidine groups is 1. The molecule has 3 N–H and O–H groups in total. The SMILES string of the molecule is CCN(CC)C(N)=NCCCc1cc2c(OC)cc(OC)cc2[nH]1.I. The molecule has 0 saturated heterocycles. The van der Waals surface area contributed by atoms with Crippen molar-refractivity contribution in [3.63, 3.8) is 0 Å². The molecule has 2 aromatic rings. The molecule has 1 aromatic heterocycles. The minimum Gasteiger partial charge on any atom is -0.497 e. The molecular formula is C18H29IN4O2. The van der Waals surface area contributed by atoms with Crippen molar-refractivity contribution in [3.8, 4) is 11.5 Å².